The Morgan fingerprint density at radius 1 is 0.326 bits per heavy atom. The van der Waals surface area contributed by atoms with E-state index in [1.54, 1.807) is 0 Å². The molecule has 0 saturated heterocycles. The summed E-state index contributed by atoms with van der Waals surface area (Å²) in [7, 11) is 0. The first-order chi connectivity index (χ1) is 22.1. The largest absolute Gasteiger partial charge is 0.399 e. The van der Waals surface area contributed by atoms with Gasteiger partial charge in [-0.3, -0.25) is 0 Å². The number of anilines is 4. The van der Waals surface area contributed by atoms with Crippen molar-refractivity contribution in [2.24, 2.45) is 0 Å². The van der Waals surface area contributed by atoms with Crippen LogP contribution in [0, 0.1) is 27.7 Å². The maximum absolute atomic E-state index is 6.13. The van der Waals surface area contributed by atoms with E-state index < -0.39 is 0 Å². The molecule has 46 heavy (non-hydrogen) atoms. The molecule has 230 valence electrons. The zero-order chi connectivity index (χ0) is 32.5. The molecule has 6 aromatic rings. The van der Waals surface area contributed by atoms with Crippen LogP contribution in [0.2, 0.25) is 0 Å². The molecule has 4 nitrogen and oxygen atoms in total. The third kappa shape index (κ3) is 6.07. The van der Waals surface area contributed by atoms with Gasteiger partial charge < -0.3 is 22.9 Å². The third-order valence-electron chi connectivity index (χ3n) is 9.24. The Kier molecular flexibility index (Phi) is 8.29. The molecule has 0 bridgehead atoms. The van der Waals surface area contributed by atoms with Crippen LogP contribution in [0.4, 0.5) is 22.7 Å². The second-order valence-electron chi connectivity index (χ2n) is 12.6. The van der Waals surface area contributed by atoms with Crippen molar-refractivity contribution in [1.82, 2.24) is 0 Å². The molecule has 0 radical (unpaired) electrons. The van der Waals surface area contributed by atoms with Crippen molar-refractivity contribution in [1.29, 1.82) is 0 Å². The van der Waals surface area contributed by atoms with Crippen molar-refractivity contribution in [3.63, 3.8) is 0 Å². The summed E-state index contributed by atoms with van der Waals surface area (Å²) in [6, 6.07) is 42.7. The van der Waals surface area contributed by atoms with Crippen LogP contribution in [0.5, 0.6) is 0 Å². The normalized spacial score (nSPS) is 11.3. The highest BCUT2D eigenvalue weighted by molar-refractivity contribution is 5.66. The molecule has 0 fully saturated rings. The van der Waals surface area contributed by atoms with Gasteiger partial charge in [-0.15, -0.1) is 0 Å². The van der Waals surface area contributed by atoms with Gasteiger partial charge >= 0.3 is 0 Å². The second kappa shape index (κ2) is 12.5. The van der Waals surface area contributed by atoms with E-state index in [1.807, 2.05) is 24.3 Å². The fraction of sp³-hybridized carbons (Fsp3) is 0.143. The quantitative estimate of drug-likeness (QED) is 0.108. The molecule has 0 aromatic heterocycles. The molecule has 0 unspecified atom stereocenters. The maximum Gasteiger partial charge on any atom is 0.0345 e. The summed E-state index contributed by atoms with van der Waals surface area (Å²) >= 11 is 0. The number of hydrogen-bond donors (Lipinski definition) is 4. The SMILES string of the molecule is Cc1cc(N)ccc1C(c1ccc(-c2ccc(C(c3ccc(N)cc3C)c3ccc(N)cc3C)cc2)cc1)c1ccc(N)cc1C. The zero-order valence-electron chi connectivity index (χ0n) is 27.0. The molecular formula is C42H42N4. The number of benzene rings is 6. The molecule has 4 heteroatoms. The van der Waals surface area contributed by atoms with Gasteiger partial charge in [-0.1, -0.05) is 72.8 Å². The van der Waals surface area contributed by atoms with Crippen LogP contribution in [0.1, 0.15) is 67.5 Å². The van der Waals surface area contributed by atoms with Gasteiger partial charge in [0.15, 0.2) is 0 Å². The average Bonchev–Trinajstić information content (AvgIpc) is 3.02. The van der Waals surface area contributed by atoms with Crippen molar-refractivity contribution in [3.8, 4) is 11.1 Å². The Labute approximate surface area is 272 Å². The van der Waals surface area contributed by atoms with Crippen LogP contribution in [0.15, 0.2) is 121 Å². The molecule has 0 aliphatic carbocycles. The van der Waals surface area contributed by atoms with Crippen molar-refractivity contribution in [3.05, 3.63) is 177 Å². The monoisotopic (exact) mass is 602 g/mol. The van der Waals surface area contributed by atoms with Crippen LogP contribution in [-0.4, -0.2) is 0 Å². The molecule has 8 N–H and O–H groups in total. The first-order valence-electron chi connectivity index (χ1n) is 15.7. The number of nitrogens with two attached hydrogens (primary N) is 4. The van der Waals surface area contributed by atoms with Gasteiger partial charge in [0, 0.05) is 34.6 Å². The summed E-state index contributed by atoms with van der Waals surface area (Å²) in [5, 5.41) is 0. The summed E-state index contributed by atoms with van der Waals surface area (Å²) in [5.41, 5.74) is 42.0. The molecule has 0 spiro atoms. The standard InChI is InChI=1S/C42H42N4/c1-25-21-33(43)13-17-37(25)41(38-18-14-34(44)22-26(38)2)31-9-5-29(6-10-31)30-7-11-32(12-8-30)42(39-19-15-35(45)23-27(39)3)40-20-16-36(46)24-28(40)4/h5-24,41-42H,43-46H2,1-4H3. The van der Waals surface area contributed by atoms with Crippen molar-refractivity contribution < 1.29 is 0 Å². The van der Waals surface area contributed by atoms with Crippen LogP contribution in [0.3, 0.4) is 0 Å². The highest BCUT2D eigenvalue weighted by Gasteiger charge is 2.23. The van der Waals surface area contributed by atoms with E-state index in [-0.39, 0.29) is 11.8 Å². The zero-order valence-corrected chi connectivity index (χ0v) is 27.0. The van der Waals surface area contributed by atoms with Gasteiger partial charge in [-0.25, -0.2) is 0 Å². The van der Waals surface area contributed by atoms with Gasteiger partial charge in [0.1, 0.15) is 0 Å². The first-order valence-corrected chi connectivity index (χ1v) is 15.7. The van der Waals surface area contributed by atoms with E-state index in [0.29, 0.717) is 0 Å². The fourth-order valence-corrected chi connectivity index (χ4v) is 6.88. The predicted octanol–water partition coefficient (Wildman–Crippen LogP) is 9.28. The fourth-order valence-electron chi connectivity index (χ4n) is 6.88. The van der Waals surface area contributed by atoms with Gasteiger partial charge in [0.25, 0.3) is 0 Å². The first kappa shape index (κ1) is 30.5. The van der Waals surface area contributed by atoms with Crippen molar-refractivity contribution >= 4 is 22.7 Å². The minimum Gasteiger partial charge on any atom is -0.399 e. The summed E-state index contributed by atoms with van der Waals surface area (Å²) in [4.78, 5) is 0. The predicted molar refractivity (Wildman–Crippen MR) is 196 cm³/mol. The second-order valence-corrected chi connectivity index (χ2v) is 12.6. The Hall–Kier alpha value is -5.48. The molecule has 0 aliphatic heterocycles. The minimum absolute atomic E-state index is 0.0599. The number of nitrogen functional groups attached to an aromatic ring is 4. The molecular weight excluding hydrogens is 560 g/mol. The lowest BCUT2D eigenvalue weighted by molar-refractivity contribution is 0.949. The van der Waals surface area contributed by atoms with Gasteiger partial charge in [-0.2, -0.15) is 0 Å². The van der Waals surface area contributed by atoms with Gasteiger partial charge in [0.2, 0.25) is 0 Å². The Morgan fingerprint density at radius 3 is 0.783 bits per heavy atom. The number of hydrogen-bond acceptors (Lipinski definition) is 4. The topological polar surface area (TPSA) is 104 Å². The third-order valence-corrected chi connectivity index (χ3v) is 9.24. The molecule has 0 heterocycles. The maximum atomic E-state index is 6.13. The van der Waals surface area contributed by atoms with Crippen molar-refractivity contribution in [2.45, 2.75) is 39.5 Å². The Balaban J connectivity index is 1.37. The Morgan fingerprint density at radius 2 is 0.565 bits per heavy atom. The molecule has 0 saturated carbocycles. The summed E-state index contributed by atoms with van der Waals surface area (Å²) < 4.78 is 0. The van der Waals surface area contributed by atoms with Crippen molar-refractivity contribution in [2.75, 3.05) is 22.9 Å². The van der Waals surface area contributed by atoms with Crippen LogP contribution >= 0.6 is 0 Å². The molecule has 6 rings (SSSR count). The molecule has 0 amide bonds. The van der Waals surface area contributed by atoms with E-state index in [2.05, 4.69) is 125 Å². The highest BCUT2D eigenvalue weighted by atomic mass is 14.6. The lowest BCUT2D eigenvalue weighted by Gasteiger charge is -2.24. The van der Waals surface area contributed by atoms with Crippen LogP contribution in [-0.2, 0) is 0 Å². The average molecular weight is 603 g/mol. The minimum atomic E-state index is 0.0599. The number of rotatable bonds is 7. The van der Waals surface area contributed by atoms with Gasteiger partial charge in [0.05, 0.1) is 0 Å². The Bertz CT molecular complexity index is 1770. The summed E-state index contributed by atoms with van der Waals surface area (Å²) in [6.45, 7) is 8.52. The van der Waals surface area contributed by atoms with Crippen LogP contribution < -0.4 is 22.9 Å². The summed E-state index contributed by atoms with van der Waals surface area (Å²) in [6.07, 6.45) is 0. The smallest absolute Gasteiger partial charge is 0.0345 e. The number of aryl methyl sites for hydroxylation is 4. The van der Waals surface area contributed by atoms with E-state index in [4.69, 9.17) is 22.9 Å². The lowest BCUT2D eigenvalue weighted by Crippen LogP contribution is -2.08. The highest BCUT2D eigenvalue weighted by Crippen LogP contribution is 2.39. The van der Waals surface area contributed by atoms with E-state index >= 15 is 0 Å². The molecule has 0 aliphatic rings. The lowest BCUT2D eigenvalue weighted by atomic mass is 9.80. The molecule has 0 atom stereocenters. The van der Waals surface area contributed by atoms with E-state index in [1.165, 1.54) is 66.8 Å². The summed E-state index contributed by atoms with van der Waals surface area (Å²) in [5.74, 6) is 0.120. The van der Waals surface area contributed by atoms with E-state index in [0.717, 1.165) is 22.7 Å². The van der Waals surface area contributed by atoms with Gasteiger partial charge in [-0.05, 0) is 143 Å². The van der Waals surface area contributed by atoms with Crippen LogP contribution in [0.25, 0.3) is 11.1 Å². The van der Waals surface area contributed by atoms with E-state index in [9.17, 15) is 0 Å². The molecule has 6 aromatic carbocycles.